The lowest BCUT2D eigenvalue weighted by Crippen LogP contribution is -2.54. The lowest BCUT2D eigenvalue weighted by Gasteiger charge is -2.26. The molecule has 36 heavy (non-hydrogen) atoms. The van der Waals surface area contributed by atoms with Crippen LogP contribution in [-0.4, -0.2) is 24.5 Å². The molecule has 3 aromatic carbocycles. The standard InChI is InChI=1S/C26H19Cl2IN2O5/c1-2-35-22-13-16(12-21(29)23(22)36-14-15-4-3-5-18(28)10-15)11-20-24(32)30-26(34)31(25(20)33)19-8-6-17(27)7-9-19/h3-13H,2,14H2,1H3,(H,30,32,34)/b20-11+. The minimum absolute atomic E-state index is 0.199. The highest BCUT2D eigenvalue weighted by Crippen LogP contribution is 2.36. The van der Waals surface area contributed by atoms with Gasteiger partial charge in [0.25, 0.3) is 11.8 Å². The largest absolute Gasteiger partial charge is 0.490 e. The summed E-state index contributed by atoms with van der Waals surface area (Å²) in [6.07, 6.45) is 1.42. The predicted octanol–water partition coefficient (Wildman–Crippen LogP) is 6.24. The van der Waals surface area contributed by atoms with E-state index in [0.29, 0.717) is 37.3 Å². The maximum absolute atomic E-state index is 13.2. The van der Waals surface area contributed by atoms with Gasteiger partial charge in [-0.1, -0.05) is 35.3 Å². The number of anilines is 1. The Hall–Kier alpha value is -3.08. The van der Waals surface area contributed by atoms with Gasteiger partial charge in [-0.2, -0.15) is 0 Å². The monoisotopic (exact) mass is 636 g/mol. The molecule has 1 N–H and O–H groups in total. The van der Waals surface area contributed by atoms with E-state index in [1.165, 1.54) is 18.2 Å². The zero-order valence-corrected chi connectivity index (χ0v) is 22.6. The van der Waals surface area contributed by atoms with Crippen LogP contribution in [0.1, 0.15) is 18.1 Å². The number of imide groups is 2. The fraction of sp³-hybridized carbons (Fsp3) is 0.115. The number of nitrogens with one attached hydrogen (secondary N) is 1. The van der Waals surface area contributed by atoms with E-state index >= 15 is 0 Å². The zero-order chi connectivity index (χ0) is 25.8. The van der Waals surface area contributed by atoms with Gasteiger partial charge in [0.15, 0.2) is 11.5 Å². The van der Waals surface area contributed by atoms with Crippen molar-refractivity contribution in [2.24, 2.45) is 0 Å². The van der Waals surface area contributed by atoms with Crippen LogP contribution in [0.25, 0.3) is 6.08 Å². The van der Waals surface area contributed by atoms with Crippen molar-refractivity contribution in [3.05, 3.63) is 91.0 Å². The summed E-state index contributed by atoms with van der Waals surface area (Å²) in [6.45, 7) is 2.49. The van der Waals surface area contributed by atoms with Crippen LogP contribution >= 0.6 is 45.8 Å². The van der Waals surface area contributed by atoms with Gasteiger partial charge in [-0.05, 0) is 95.2 Å². The minimum atomic E-state index is -0.834. The summed E-state index contributed by atoms with van der Waals surface area (Å²) in [5, 5.41) is 3.27. The molecule has 0 saturated carbocycles. The fourth-order valence-electron chi connectivity index (χ4n) is 3.51. The molecule has 0 atom stereocenters. The van der Waals surface area contributed by atoms with Crippen LogP contribution in [-0.2, 0) is 16.2 Å². The van der Waals surface area contributed by atoms with E-state index in [-0.39, 0.29) is 17.9 Å². The van der Waals surface area contributed by atoms with Crippen LogP contribution < -0.4 is 19.7 Å². The highest BCUT2D eigenvalue weighted by Gasteiger charge is 2.36. The van der Waals surface area contributed by atoms with Crippen molar-refractivity contribution in [3.63, 3.8) is 0 Å². The Balaban J connectivity index is 1.65. The summed E-state index contributed by atoms with van der Waals surface area (Å²) in [5.74, 6) is -0.561. The molecule has 1 fully saturated rings. The second kappa shape index (κ2) is 11.3. The SMILES string of the molecule is CCOc1cc(/C=C2\C(=O)NC(=O)N(c3ccc(Cl)cc3)C2=O)cc(I)c1OCc1cccc(Cl)c1. The number of urea groups is 1. The summed E-state index contributed by atoms with van der Waals surface area (Å²) < 4.78 is 12.5. The molecule has 0 aliphatic carbocycles. The summed E-state index contributed by atoms with van der Waals surface area (Å²) in [4.78, 5) is 39.0. The van der Waals surface area contributed by atoms with Gasteiger partial charge in [-0.25, -0.2) is 9.69 Å². The molecule has 3 aromatic rings. The molecule has 0 spiro atoms. The topological polar surface area (TPSA) is 84.9 Å². The Morgan fingerprint density at radius 1 is 0.972 bits per heavy atom. The lowest BCUT2D eigenvalue weighted by atomic mass is 10.1. The summed E-state index contributed by atoms with van der Waals surface area (Å²) in [5.41, 5.74) is 1.51. The van der Waals surface area contributed by atoms with Crippen LogP contribution in [0.15, 0.2) is 66.2 Å². The molecule has 1 aliphatic rings. The number of amides is 4. The Labute approximate surface area is 231 Å². The highest BCUT2D eigenvalue weighted by atomic mass is 127. The first-order valence-corrected chi connectivity index (χ1v) is 12.6. The number of halogens is 3. The number of ether oxygens (including phenoxy) is 2. The molecule has 7 nitrogen and oxygen atoms in total. The molecule has 0 aromatic heterocycles. The molecule has 4 rings (SSSR count). The molecule has 1 saturated heterocycles. The van der Waals surface area contributed by atoms with E-state index in [4.69, 9.17) is 32.7 Å². The number of rotatable bonds is 7. The molecule has 0 radical (unpaired) electrons. The van der Waals surface area contributed by atoms with Crippen LogP contribution in [0.3, 0.4) is 0 Å². The van der Waals surface area contributed by atoms with Crippen molar-refractivity contribution in [2.45, 2.75) is 13.5 Å². The van der Waals surface area contributed by atoms with Crippen molar-refractivity contribution >= 4 is 75.4 Å². The molecule has 1 heterocycles. The first-order chi connectivity index (χ1) is 17.3. The van der Waals surface area contributed by atoms with Gasteiger partial charge >= 0.3 is 6.03 Å². The number of carbonyl (C=O) groups is 3. The van der Waals surface area contributed by atoms with Gasteiger partial charge in [0, 0.05) is 10.0 Å². The molecule has 4 amide bonds. The first kappa shape index (κ1) is 26.0. The quantitative estimate of drug-likeness (QED) is 0.189. The maximum Gasteiger partial charge on any atom is 0.335 e. The smallest absolute Gasteiger partial charge is 0.335 e. The molecule has 0 bridgehead atoms. The fourth-order valence-corrected chi connectivity index (χ4v) is 4.63. The Morgan fingerprint density at radius 2 is 1.72 bits per heavy atom. The summed E-state index contributed by atoms with van der Waals surface area (Å²) in [6, 6.07) is 16.1. The Morgan fingerprint density at radius 3 is 2.42 bits per heavy atom. The minimum Gasteiger partial charge on any atom is -0.490 e. The van der Waals surface area contributed by atoms with Crippen molar-refractivity contribution in [2.75, 3.05) is 11.5 Å². The normalized spacial score (nSPS) is 14.7. The third-order valence-corrected chi connectivity index (χ3v) is 6.39. The van der Waals surface area contributed by atoms with Crippen LogP contribution in [0.5, 0.6) is 11.5 Å². The van der Waals surface area contributed by atoms with Gasteiger partial charge in [-0.15, -0.1) is 0 Å². The molecule has 0 unspecified atom stereocenters. The van der Waals surface area contributed by atoms with E-state index in [1.54, 1.807) is 30.3 Å². The number of nitrogens with zero attached hydrogens (tertiary/aromatic N) is 1. The molecule has 1 aliphatic heterocycles. The molecular weight excluding hydrogens is 618 g/mol. The Bertz CT molecular complexity index is 1380. The van der Waals surface area contributed by atoms with Crippen LogP contribution in [0, 0.1) is 3.57 Å². The van der Waals surface area contributed by atoms with Crippen LogP contribution in [0.4, 0.5) is 10.5 Å². The second-order valence-corrected chi connectivity index (χ2v) is 9.65. The van der Waals surface area contributed by atoms with Gasteiger partial charge < -0.3 is 9.47 Å². The van der Waals surface area contributed by atoms with E-state index < -0.39 is 17.8 Å². The molecule has 184 valence electrons. The number of carbonyl (C=O) groups excluding carboxylic acids is 3. The van der Waals surface area contributed by atoms with Gasteiger partial charge in [0.1, 0.15) is 12.2 Å². The highest BCUT2D eigenvalue weighted by molar-refractivity contribution is 14.1. The first-order valence-electron chi connectivity index (χ1n) is 10.8. The third-order valence-electron chi connectivity index (χ3n) is 5.10. The van der Waals surface area contributed by atoms with Gasteiger partial charge in [0.2, 0.25) is 0 Å². The van der Waals surface area contributed by atoms with Crippen LogP contribution in [0.2, 0.25) is 10.0 Å². The van der Waals surface area contributed by atoms with Gasteiger partial charge in [0.05, 0.1) is 15.9 Å². The van der Waals surface area contributed by atoms with E-state index in [2.05, 4.69) is 27.9 Å². The second-order valence-electron chi connectivity index (χ2n) is 7.62. The van der Waals surface area contributed by atoms with E-state index in [1.807, 2.05) is 25.1 Å². The number of hydrogen-bond donors (Lipinski definition) is 1. The van der Waals surface area contributed by atoms with E-state index in [0.717, 1.165) is 10.5 Å². The molecular formula is C26H19Cl2IN2O5. The van der Waals surface area contributed by atoms with Crippen molar-refractivity contribution in [1.29, 1.82) is 0 Å². The van der Waals surface area contributed by atoms with E-state index in [9.17, 15) is 14.4 Å². The van der Waals surface area contributed by atoms with Crippen molar-refractivity contribution in [1.82, 2.24) is 5.32 Å². The van der Waals surface area contributed by atoms with Crippen molar-refractivity contribution < 1.29 is 23.9 Å². The van der Waals surface area contributed by atoms with Gasteiger partial charge in [-0.3, -0.25) is 14.9 Å². The van der Waals surface area contributed by atoms with Crippen molar-refractivity contribution in [3.8, 4) is 11.5 Å². The average molecular weight is 637 g/mol. The lowest BCUT2D eigenvalue weighted by molar-refractivity contribution is -0.122. The summed E-state index contributed by atoms with van der Waals surface area (Å²) >= 11 is 14.1. The summed E-state index contributed by atoms with van der Waals surface area (Å²) in [7, 11) is 0. The zero-order valence-electron chi connectivity index (χ0n) is 18.9. The average Bonchev–Trinajstić information content (AvgIpc) is 2.82. The predicted molar refractivity (Wildman–Crippen MR) is 147 cm³/mol. The number of benzene rings is 3. The maximum atomic E-state index is 13.2. The number of hydrogen-bond acceptors (Lipinski definition) is 5. The molecule has 10 heteroatoms. The third kappa shape index (κ3) is 5.83. The number of barbiturate groups is 1. The Kier molecular flexibility index (Phi) is 8.17.